The fourth-order valence-electron chi connectivity index (χ4n) is 5.06. The molecule has 1 aliphatic carbocycles. The van der Waals surface area contributed by atoms with E-state index >= 15 is 0 Å². The Morgan fingerprint density at radius 1 is 1.32 bits per heavy atom. The Labute approximate surface area is 129 Å². The zero-order valence-corrected chi connectivity index (χ0v) is 13.0. The fraction of sp³-hybridized carbons (Fsp3) is 0.556. The molecule has 2 bridgehead atoms. The van der Waals surface area contributed by atoms with E-state index in [-0.39, 0.29) is 6.04 Å². The van der Waals surface area contributed by atoms with Gasteiger partial charge >= 0.3 is 0 Å². The number of methoxy groups -OCH3 is 1. The summed E-state index contributed by atoms with van der Waals surface area (Å²) in [6.45, 7) is 3.28. The number of rotatable bonds is 1. The van der Waals surface area contributed by atoms with Gasteiger partial charge in [-0.1, -0.05) is 0 Å². The summed E-state index contributed by atoms with van der Waals surface area (Å²) in [6, 6.07) is 6.58. The van der Waals surface area contributed by atoms with Crippen LogP contribution in [0.5, 0.6) is 5.75 Å². The van der Waals surface area contributed by atoms with E-state index < -0.39 is 6.10 Å². The SMILES string of the molecule is COc1ccc2oc3c(c2c1)C(O)C(C)N1C[C@H]2C[C@@H]3[C@@H]1C2. The van der Waals surface area contributed by atoms with Crippen LogP contribution in [0.25, 0.3) is 11.0 Å². The molecule has 1 saturated carbocycles. The van der Waals surface area contributed by atoms with Crippen molar-refractivity contribution in [1.29, 1.82) is 0 Å². The van der Waals surface area contributed by atoms with Crippen LogP contribution in [0.2, 0.25) is 0 Å². The minimum atomic E-state index is -0.493. The summed E-state index contributed by atoms with van der Waals surface area (Å²) in [6.07, 6.45) is 1.96. The fourth-order valence-corrected chi connectivity index (χ4v) is 5.06. The Morgan fingerprint density at radius 3 is 2.95 bits per heavy atom. The number of nitrogens with zero attached hydrogens (tertiary/aromatic N) is 1. The molecule has 22 heavy (non-hydrogen) atoms. The zero-order chi connectivity index (χ0) is 15.0. The first-order valence-electron chi connectivity index (χ1n) is 8.21. The van der Waals surface area contributed by atoms with Crippen molar-refractivity contribution in [2.45, 2.75) is 43.9 Å². The molecule has 0 amide bonds. The van der Waals surface area contributed by atoms with E-state index in [0.29, 0.717) is 12.0 Å². The van der Waals surface area contributed by atoms with Gasteiger partial charge in [0.2, 0.25) is 0 Å². The highest BCUT2D eigenvalue weighted by Gasteiger charge is 2.53. The lowest BCUT2D eigenvalue weighted by Crippen LogP contribution is -2.43. The molecule has 5 rings (SSSR count). The standard InChI is InChI=1S/C18H21NO3/c1-9-17(20)16-13-7-11(21-2)3-4-15(13)22-18(16)12-5-10-6-14(12)19(9)8-10/h3-4,7,9-10,12,14,17,20H,5-6,8H2,1-2H3/t9?,10-,12+,14-,17?/m0/s1. The summed E-state index contributed by atoms with van der Waals surface area (Å²) in [5.74, 6) is 3.04. The maximum absolute atomic E-state index is 11.0. The average molecular weight is 299 g/mol. The van der Waals surface area contributed by atoms with Crippen LogP contribution in [0.3, 0.4) is 0 Å². The number of hydrogen-bond acceptors (Lipinski definition) is 4. The van der Waals surface area contributed by atoms with E-state index in [2.05, 4.69) is 11.8 Å². The molecule has 2 unspecified atom stereocenters. The third-order valence-corrected chi connectivity index (χ3v) is 6.10. The van der Waals surface area contributed by atoms with Crippen LogP contribution in [-0.2, 0) is 0 Å². The predicted octanol–water partition coefficient (Wildman–Crippen LogP) is 3.05. The highest BCUT2D eigenvalue weighted by molar-refractivity contribution is 5.84. The van der Waals surface area contributed by atoms with Gasteiger partial charge in [-0.3, -0.25) is 4.90 Å². The molecule has 1 aromatic carbocycles. The van der Waals surface area contributed by atoms with E-state index in [4.69, 9.17) is 9.15 Å². The lowest BCUT2D eigenvalue weighted by molar-refractivity contribution is 0.0450. The van der Waals surface area contributed by atoms with Crippen LogP contribution in [0.1, 0.15) is 43.1 Å². The number of aliphatic hydroxyl groups is 1. The summed E-state index contributed by atoms with van der Waals surface area (Å²) in [7, 11) is 1.67. The van der Waals surface area contributed by atoms with Crippen LogP contribution >= 0.6 is 0 Å². The Morgan fingerprint density at radius 2 is 2.18 bits per heavy atom. The van der Waals surface area contributed by atoms with Crippen molar-refractivity contribution >= 4 is 11.0 Å². The number of benzene rings is 1. The third kappa shape index (κ3) is 1.49. The van der Waals surface area contributed by atoms with Crippen molar-refractivity contribution in [2.75, 3.05) is 13.7 Å². The molecule has 3 aliphatic rings. The quantitative estimate of drug-likeness (QED) is 0.879. The summed E-state index contributed by atoms with van der Waals surface area (Å²) >= 11 is 0. The molecule has 3 heterocycles. The molecule has 4 nitrogen and oxygen atoms in total. The minimum Gasteiger partial charge on any atom is -0.497 e. The Kier molecular flexibility index (Phi) is 2.52. The molecular formula is C18H21NO3. The van der Waals surface area contributed by atoms with Gasteiger partial charge in [0, 0.05) is 35.5 Å². The number of furan rings is 1. The largest absolute Gasteiger partial charge is 0.497 e. The minimum absolute atomic E-state index is 0.144. The Balaban J connectivity index is 1.77. The van der Waals surface area contributed by atoms with E-state index in [0.717, 1.165) is 40.5 Å². The van der Waals surface area contributed by atoms with Crippen LogP contribution in [0.15, 0.2) is 22.6 Å². The molecule has 116 valence electrons. The van der Waals surface area contributed by atoms with Crippen molar-refractivity contribution in [3.63, 3.8) is 0 Å². The summed E-state index contributed by atoms with van der Waals surface area (Å²) in [5, 5.41) is 12.0. The van der Waals surface area contributed by atoms with E-state index in [1.54, 1.807) is 7.11 Å². The van der Waals surface area contributed by atoms with Crippen molar-refractivity contribution in [3.8, 4) is 5.75 Å². The second-order valence-electron chi connectivity index (χ2n) is 7.14. The van der Waals surface area contributed by atoms with Gasteiger partial charge < -0.3 is 14.3 Å². The average Bonchev–Trinajstić information content (AvgIpc) is 3.22. The van der Waals surface area contributed by atoms with E-state index in [9.17, 15) is 5.11 Å². The topological polar surface area (TPSA) is 45.8 Å². The molecule has 1 N–H and O–H groups in total. The Hall–Kier alpha value is -1.52. The van der Waals surface area contributed by atoms with Crippen LogP contribution in [-0.4, -0.2) is 35.7 Å². The molecule has 1 saturated heterocycles. The van der Waals surface area contributed by atoms with Crippen LogP contribution in [0.4, 0.5) is 0 Å². The monoisotopic (exact) mass is 299 g/mol. The molecular weight excluding hydrogens is 278 g/mol. The Bertz CT molecular complexity index is 752. The first kappa shape index (κ1) is 13.0. The first-order chi connectivity index (χ1) is 10.7. The van der Waals surface area contributed by atoms with Gasteiger partial charge in [-0.05, 0) is 43.9 Å². The normalized spacial score (nSPS) is 36.6. The number of fused-ring (bicyclic) bond motifs is 5. The number of aliphatic hydroxyl groups excluding tert-OH is 1. The van der Waals surface area contributed by atoms with Gasteiger partial charge in [-0.25, -0.2) is 0 Å². The van der Waals surface area contributed by atoms with Crippen molar-refractivity contribution in [1.82, 2.24) is 4.90 Å². The second-order valence-corrected chi connectivity index (χ2v) is 7.14. The maximum Gasteiger partial charge on any atom is 0.134 e. The molecule has 2 fully saturated rings. The number of ether oxygens (including phenoxy) is 1. The first-order valence-corrected chi connectivity index (χ1v) is 8.21. The van der Waals surface area contributed by atoms with Gasteiger partial charge in [-0.15, -0.1) is 0 Å². The molecule has 4 heteroatoms. The van der Waals surface area contributed by atoms with Crippen molar-refractivity contribution in [2.24, 2.45) is 5.92 Å². The lowest BCUT2D eigenvalue weighted by Gasteiger charge is -2.35. The summed E-state index contributed by atoms with van der Waals surface area (Å²) in [4.78, 5) is 2.50. The maximum atomic E-state index is 11.0. The molecule has 5 atom stereocenters. The van der Waals surface area contributed by atoms with E-state index in [1.807, 2.05) is 18.2 Å². The highest BCUT2D eigenvalue weighted by atomic mass is 16.5. The molecule has 2 aromatic rings. The van der Waals surface area contributed by atoms with Gasteiger partial charge in [0.05, 0.1) is 13.2 Å². The molecule has 1 aromatic heterocycles. The highest BCUT2D eigenvalue weighted by Crippen LogP contribution is 2.54. The number of piperidine rings is 1. The summed E-state index contributed by atoms with van der Waals surface area (Å²) in [5.41, 5.74) is 1.87. The van der Waals surface area contributed by atoms with Crippen molar-refractivity contribution < 1.29 is 14.3 Å². The van der Waals surface area contributed by atoms with Gasteiger partial charge in [0.25, 0.3) is 0 Å². The van der Waals surface area contributed by atoms with Crippen LogP contribution in [0, 0.1) is 5.92 Å². The lowest BCUT2D eigenvalue weighted by atomic mass is 9.93. The molecule has 2 aliphatic heterocycles. The number of hydrogen-bond donors (Lipinski definition) is 1. The predicted molar refractivity (Wildman–Crippen MR) is 83.1 cm³/mol. The zero-order valence-electron chi connectivity index (χ0n) is 13.0. The van der Waals surface area contributed by atoms with Gasteiger partial charge in [-0.2, -0.15) is 0 Å². The van der Waals surface area contributed by atoms with Gasteiger partial charge in [0.15, 0.2) is 0 Å². The summed E-state index contributed by atoms with van der Waals surface area (Å²) < 4.78 is 11.6. The third-order valence-electron chi connectivity index (χ3n) is 6.10. The smallest absolute Gasteiger partial charge is 0.134 e. The molecule has 0 spiro atoms. The second kappa shape index (κ2) is 4.27. The van der Waals surface area contributed by atoms with Crippen LogP contribution < -0.4 is 4.74 Å². The van der Waals surface area contributed by atoms with Crippen molar-refractivity contribution in [3.05, 3.63) is 29.5 Å². The van der Waals surface area contributed by atoms with Gasteiger partial charge in [0.1, 0.15) is 17.1 Å². The molecule has 0 radical (unpaired) electrons. The van der Waals surface area contributed by atoms with E-state index in [1.165, 1.54) is 12.8 Å².